The molecule has 0 aromatic heterocycles. The molecule has 3 aliphatic rings. The molecular weight excluding hydrogens is 408 g/mol. The number of carbonyl (C=O) groups excluding carboxylic acids is 2. The van der Waals surface area contributed by atoms with Crippen LogP contribution in [-0.2, 0) is 9.59 Å². The summed E-state index contributed by atoms with van der Waals surface area (Å²) in [7, 11) is 4.01. The summed E-state index contributed by atoms with van der Waals surface area (Å²) in [6.45, 7) is 1.90. The number of piperidine rings is 1. The number of nitrogens with zero attached hydrogens (tertiary/aromatic N) is 4. The molecule has 2 heterocycles. The Morgan fingerprint density at radius 3 is 2.09 bits per heavy atom. The van der Waals surface area contributed by atoms with Crippen molar-refractivity contribution < 1.29 is 14.5 Å². The maximum atomic E-state index is 13.7. The van der Waals surface area contributed by atoms with Gasteiger partial charge >= 0.3 is 0 Å². The van der Waals surface area contributed by atoms with Crippen molar-refractivity contribution in [2.24, 2.45) is 0 Å². The topological polar surface area (TPSA) is 87.0 Å². The number of benzene rings is 1. The second-order valence-electron chi connectivity index (χ2n) is 9.30. The minimum absolute atomic E-state index is 0.0306. The minimum atomic E-state index is -0.455. The van der Waals surface area contributed by atoms with Crippen LogP contribution in [0.3, 0.4) is 0 Å². The van der Waals surface area contributed by atoms with E-state index in [1.807, 2.05) is 11.9 Å². The number of hydrogen-bond acceptors (Lipinski definition) is 6. The van der Waals surface area contributed by atoms with E-state index in [4.69, 9.17) is 0 Å². The van der Waals surface area contributed by atoms with Crippen LogP contribution in [0.4, 0.5) is 5.69 Å². The number of nitro benzene ring substituents is 1. The van der Waals surface area contributed by atoms with Gasteiger partial charge in [-0.25, -0.2) is 0 Å². The average Bonchev–Trinajstić information content (AvgIpc) is 2.94. The SMILES string of the molecule is CN1CCC(N(C)C2=C(c3ccc([N+](=O)[O-])cc3)C(=O)N(C3CCCCCC3)C2=O)CC1. The van der Waals surface area contributed by atoms with Crippen molar-refractivity contribution in [3.05, 3.63) is 45.6 Å². The van der Waals surface area contributed by atoms with Crippen LogP contribution in [0.2, 0.25) is 0 Å². The van der Waals surface area contributed by atoms with Crippen molar-refractivity contribution in [3.8, 4) is 0 Å². The van der Waals surface area contributed by atoms with Crippen LogP contribution in [0.5, 0.6) is 0 Å². The van der Waals surface area contributed by atoms with Crippen LogP contribution in [0.25, 0.3) is 5.57 Å². The van der Waals surface area contributed by atoms with E-state index in [0.29, 0.717) is 16.8 Å². The van der Waals surface area contributed by atoms with E-state index in [9.17, 15) is 19.7 Å². The standard InChI is InChI=1S/C24H32N4O4/c1-25-15-13-18(14-16-25)26(2)22-21(17-9-11-20(12-10-17)28(31)32)23(29)27(24(22)30)19-7-5-3-4-6-8-19/h9-12,18-19H,3-8,13-16H2,1-2H3. The fraction of sp³-hybridized carbons (Fsp3) is 0.583. The Labute approximate surface area is 189 Å². The molecule has 0 atom stereocenters. The number of imide groups is 1. The summed E-state index contributed by atoms with van der Waals surface area (Å²) in [5.41, 5.74) is 1.37. The summed E-state index contributed by atoms with van der Waals surface area (Å²) < 4.78 is 0. The van der Waals surface area contributed by atoms with Crippen LogP contribution in [0, 0.1) is 10.1 Å². The quantitative estimate of drug-likeness (QED) is 0.302. The Bertz CT molecular complexity index is 910. The third-order valence-corrected chi connectivity index (χ3v) is 7.24. The molecule has 1 aliphatic carbocycles. The fourth-order valence-corrected chi connectivity index (χ4v) is 5.28. The summed E-state index contributed by atoms with van der Waals surface area (Å²) in [6, 6.07) is 6.10. The lowest BCUT2D eigenvalue weighted by Crippen LogP contribution is -2.45. The van der Waals surface area contributed by atoms with E-state index in [0.717, 1.165) is 64.5 Å². The number of hydrogen-bond donors (Lipinski definition) is 0. The molecule has 32 heavy (non-hydrogen) atoms. The van der Waals surface area contributed by atoms with Crippen LogP contribution in [0.15, 0.2) is 30.0 Å². The molecule has 0 radical (unpaired) electrons. The Kier molecular flexibility index (Phi) is 6.60. The van der Waals surface area contributed by atoms with Gasteiger partial charge in [-0.2, -0.15) is 0 Å². The molecule has 1 saturated heterocycles. The third-order valence-electron chi connectivity index (χ3n) is 7.24. The van der Waals surface area contributed by atoms with Crippen molar-refractivity contribution >= 4 is 23.1 Å². The predicted octanol–water partition coefficient (Wildman–Crippen LogP) is 3.42. The summed E-state index contributed by atoms with van der Waals surface area (Å²) in [4.78, 5) is 43.8. The lowest BCUT2D eigenvalue weighted by molar-refractivity contribution is -0.384. The monoisotopic (exact) mass is 440 g/mol. The number of likely N-dealkylation sites (N-methyl/N-ethyl adjacent to an activating group) is 1. The van der Waals surface area contributed by atoms with Gasteiger partial charge < -0.3 is 9.80 Å². The molecule has 8 nitrogen and oxygen atoms in total. The molecule has 0 bridgehead atoms. The first-order chi connectivity index (χ1) is 15.4. The van der Waals surface area contributed by atoms with Gasteiger partial charge in [0.25, 0.3) is 17.5 Å². The molecular formula is C24H32N4O4. The van der Waals surface area contributed by atoms with Gasteiger partial charge in [0.1, 0.15) is 5.70 Å². The molecule has 1 aromatic carbocycles. The van der Waals surface area contributed by atoms with Crippen molar-refractivity contribution in [2.45, 2.75) is 63.5 Å². The second-order valence-corrected chi connectivity index (χ2v) is 9.30. The van der Waals surface area contributed by atoms with Gasteiger partial charge in [0.2, 0.25) is 0 Å². The highest BCUT2D eigenvalue weighted by Gasteiger charge is 2.45. The van der Waals surface area contributed by atoms with E-state index in [1.54, 1.807) is 12.1 Å². The van der Waals surface area contributed by atoms with E-state index in [-0.39, 0.29) is 29.6 Å². The van der Waals surface area contributed by atoms with Crippen LogP contribution >= 0.6 is 0 Å². The van der Waals surface area contributed by atoms with E-state index in [1.165, 1.54) is 17.0 Å². The second kappa shape index (κ2) is 9.40. The number of rotatable bonds is 5. The zero-order chi connectivity index (χ0) is 22.8. The third kappa shape index (κ3) is 4.28. The van der Waals surface area contributed by atoms with Gasteiger partial charge in [-0.05, 0) is 63.5 Å². The first-order valence-corrected chi connectivity index (χ1v) is 11.7. The van der Waals surface area contributed by atoms with Gasteiger partial charge in [-0.1, -0.05) is 25.7 Å². The zero-order valence-electron chi connectivity index (χ0n) is 19.0. The molecule has 2 fully saturated rings. The molecule has 2 aliphatic heterocycles. The minimum Gasteiger partial charge on any atom is -0.366 e. The molecule has 1 aromatic rings. The normalized spacial score (nSPS) is 21.9. The molecule has 172 valence electrons. The zero-order valence-corrected chi connectivity index (χ0v) is 19.0. The Balaban J connectivity index is 1.72. The van der Waals surface area contributed by atoms with Crippen LogP contribution < -0.4 is 0 Å². The smallest absolute Gasteiger partial charge is 0.278 e. The van der Waals surface area contributed by atoms with Gasteiger partial charge in [-0.3, -0.25) is 24.6 Å². The van der Waals surface area contributed by atoms with Gasteiger partial charge in [0, 0.05) is 31.3 Å². The maximum Gasteiger partial charge on any atom is 0.278 e. The highest BCUT2D eigenvalue weighted by Crippen LogP contribution is 2.37. The molecule has 1 saturated carbocycles. The molecule has 2 amide bonds. The molecule has 0 spiro atoms. The molecule has 8 heteroatoms. The van der Waals surface area contributed by atoms with Crippen molar-refractivity contribution in [2.75, 3.05) is 27.2 Å². The number of carbonyl (C=O) groups is 2. The summed E-state index contributed by atoms with van der Waals surface area (Å²) in [5.74, 6) is -0.470. The Hall–Kier alpha value is -2.74. The van der Waals surface area contributed by atoms with Crippen LogP contribution in [0.1, 0.15) is 56.9 Å². The molecule has 4 rings (SSSR count). The van der Waals surface area contributed by atoms with E-state index >= 15 is 0 Å². The van der Waals surface area contributed by atoms with E-state index < -0.39 is 4.92 Å². The first kappa shape index (κ1) is 22.5. The highest BCUT2D eigenvalue weighted by atomic mass is 16.6. The van der Waals surface area contributed by atoms with Crippen molar-refractivity contribution in [1.82, 2.24) is 14.7 Å². The number of non-ortho nitro benzene ring substituents is 1. The fourth-order valence-electron chi connectivity index (χ4n) is 5.28. The number of likely N-dealkylation sites (tertiary alicyclic amines) is 1. The number of nitro groups is 1. The summed E-state index contributed by atoms with van der Waals surface area (Å²) in [5, 5.41) is 11.1. The van der Waals surface area contributed by atoms with Crippen molar-refractivity contribution in [1.29, 1.82) is 0 Å². The highest BCUT2D eigenvalue weighted by molar-refractivity contribution is 6.35. The molecule has 0 N–H and O–H groups in total. The van der Waals surface area contributed by atoms with E-state index in [2.05, 4.69) is 11.9 Å². The van der Waals surface area contributed by atoms with Crippen molar-refractivity contribution in [3.63, 3.8) is 0 Å². The summed E-state index contributed by atoms with van der Waals surface area (Å²) in [6.07, 6.45) is 7.86. The van der Waals surface area contributed by atoms with Crippen LogP contribution in [-0.4, -0.2) is 70.7 Å². The lowest BCUT2D eigenvalue weighted by atomic mass is 10.00. The lowest BCUT2D eigenvalue weighted by Gasteiger charge is -2.37. The largest absolute Gasteiger partial charge is 0.366 e. The van der Waals surface area contributed by atoms with Gasteiger partial charge in [-0.15, -0.1) is 0 Å². The first-order valence-electron chi connectivity index (χ1n) is 11.7. The average molecular weight is 441 g/mol. The summed E-state index contributed by atoms with van der Waals surface area (Å²) >= 11 is 0. The Morgan fingerprint density at radius 1 is 0.938 bits per heavy atom. The predicted molar refractivity (Wildman–Crippen MR) is 122 cm³/mol. The molecule has 0 unspecified atom stereocenters. The van der Waals surface area contributed by atoms with Gasteiger partial charge in [0.15, 0.2) is 0 Å². The number of amides is 2. The maximum absolute atomic E-state index is 13.7. The Morgan fingerprint density at radius 2 is 1.53 bits per heavy atom. The van der Waals surface area contributed by atoms with Gasteiger partial charge in [0.05, 0.1) is 10.5 Å².